The first kappa shape index (κ1) is 39.8. The van der Waals surface area contributed by atoms with Gasteiger partial charge in [0.15, 0.2) is 17.4 Å². The summed E-state index contributed by atoms with van der Waals surface area (Å²) in [6.45, 7) is 26.2. The van der Waals surface area contributed by atoms with Gasteiger partial charge >= 0.3 is 0 Å². The van der Waals surface area contributed by atoms with Crippen LogP contribution in [0.2, 0.25) is 0 Å². The van der Waals surface area contributed by atoms with Crippen molar-refractivity contribution >= 4 is 54.9 Å². The third-order valence-electron chi connectivity index (χ3n) is 10.3. The zero-order valence-corrected chi connectivity index (χ0v) is 34.4. The first-order valence-corrected chi connectivity index (χ1v) is 19.8. The highest BCUT2D eigenvalue weighted by Gasteiger charge is 2.18. The minimum Gasteiger partial charge on any atom is -0.435 e. The van der Waals surface area contributed by atoms with Crippen molar-refractivity contribution in [3.8, 4) is 11.6 Å². The first-order chi connectivity index (χ1) is 26.5. The summed E-state index contributed by atoms with van der Waals surface area (Å²) < 4.78 is 21.3. The van der Waals surface area contributed by atoms with Crippen molar-refractivity contribution in [3.63, 3.8) is 0 Å². The normalized spacial score (nSPS) is 14.6. The van der Waals surface area contributed by atoms with Crippen molar-refractivity contribution in [1.29, 1.82) is 0 Å². The van der Waals surface area contributed by atoms with Gasteiger partial charge in [0.05, 0.1) is 0 Å². The van der Waals surface area contributed by atoms with E-state index in [1.165, 1.54) is 45.4 Å². The van der Waals surface area contributed by atoms with Crippen LogP contribution in [0, 0.1) is 33.5 Å². The third-order valence-corrected chi connectivity index (χ3v) is 11.0. The minimum atomic E-state index is -0.433. The number of allylic oxidation sites excluding steroid dienone is 1. The Morgan fingerprint density at radius 2 is 1.49 bits per heavy atom. The Bertz CT molecular complexity index is 2220. The second kappa shape index (κ2) is 18.1. The van der Waals surface area contributed by atoms with Gasteiger partial charge in [0.25, 0.3) is 0 Å². The number of aryl methyl sites for hydroxylation is 4. The van der Waals surface area contributed by atoms with Crippen LogP contribution < -0.4 is 20.3 Å². The summed E-state index contributed by atoms with van der Waals surface area (Å²) in [7, 11) is 0. The Balaban J connectivity index is 0.000000198. The van der Waals surface area contributed by atoms with Gasteiger partial charge in [-0.05, 0) is 123 Å². The van der Waals surface area contributed by atoms with Gasteiger partial charge in [-0.15, -0.1) is 0 Å². The minimum absolute atomic E-state index is 0.101. The molecular formula is C43H53BrFN9O. The second-order valence-corrected chi connectivity index (χ2v) is 15.0. The number of hydrogen-bond donors (Lipinski definition) is 4. The lowest BCUT2D eigenvalue weighted by atomic mass is 10.1. The number of likely N-dealkylation sites (N-methyl/N-ethyl adjacent to an activating group) is 1. The van der Waals surface area contributed by atoms with E-state index in [0.29, 0.717) is 15.7 Å². The molecule has 0 atom stereocenters. The number of piperazine rings is 2. The molecular weight excluding hydrogens is 757 g/mol. The topological polar surface area (TPSA) is 100 Å². The number of nitrogens with one attached hydrogen (secondary N) is 4. The zero-order chi connectivity index (χ0) is 39.1. The van der Waals surface area contributed by atoms with Gasteiger partial charge in [0, 0.05) is 103 Å². The highest BCUT2D eigenvalue weighted by molar-refractivity contribution is 9.10. The molecule has 3 aromatic carbocycles. The van der Waals surface area contributed by atoms with Crippen LogP contribution in [0.4, 0.5) is 21.6 Å². The molecule has 0 bridgehead atoms. The molecule has 8 rings (SSSR count). The molecule has 0 radical (unpaired) electrons. The molecule has 6 aromatic rings. The Kier molecular flexibility index (Phi) is 13.1. The van der Waals surface area contributed by atoms with E-state index in [0.717, 1.165) is 75.8 Å². The summed E-state index contributed by atoms with van der Waals surface area (Å²) in [5.74, 6) is 0.434. The van der Waals surface area contributed by atoms with Crippen molar-refractivity contribution in [3.05, 3.63) is 112 Å². The van der Waals surface area contributed by atoms with Crippen molar-refractivity contribution in [2.45, 2.75) is 41.5 Å². The molecule has 55 heavy (non-hydrogen) atoms. The van der Waals surface area contributed by atoms with Gasteiger partial charge < -0.3 is 40.0 Å². The molecule has 0 amide bonds. The second-order valence-electron chi connectivity index (χ2n) is 14.2. The molecule has 0 saturated carbocycles. The van der Waals surface area contributed by atoms with Gasteiger partial charge in [-0.3, -0.25) is 0 Å². The molecule has 0 unspecified atom stereocenters. The average molecular weight is 811 g/mol. The lowest BCUT2D eigenvalue weighted by Crippen LogP contribution is -2.46. The molecule has 290 valence electrons. The van der Waals surface area contributed by atoms with Crippen LogP contribution in [0.15, 0.2) is 83.7 Å². The van der Waals surface area contributed by atoms with Gasteiger partial charge in [0.2, 0.25) is 5.88 Å². The van der Waals surface area contributed by atoms with Crippen molar-refractivity contribution in [1.82, 2.24) is 35.1 Å². The molecule has 2 saturated heterocycles. The summed E-state index contributed by atoms with van der Waals surface area (Å²) in [5, 5.41) is 8.41. The maximum Gasteiger partial charge on any atom is 0.239 e. The number of rotatable bonds is 7. The van der Waals surface area contributed by atoms with Crippen molar-refractivity contribution in [2.75, 3.05) is 69.1 Å². The van der Waals surface area contributed by atoms with Gasteiger partial charge in [-0.1, -0.05) is 19.6 Å². The largest absolute Gasteiger partial charge is 0.435 e. The van der Waals surface area contributed by atoms with Crippen LogP contribution in [0.5, 0.6) is 11.6 Å². The molecule has 5 heterocycles. The van der Waals surface area contributed by atoms with Crippen LogP contribution in [0.1, 0.15) is 36.4 Å². The SMILES string of the molecule is C=C(C)N1CCNCC1.CCN1CCN(c2ccc(Nc3ncnc(Oc4ccc5[nH]c(C)cc5c4F)c3Br)cc2)CC1.Cc1cc2c(C)c(C)ccc2[nH]1. The lowest BCUT2D eigenvalue weighted by molar-refractivity contribution is 0.271. The Hall–Kier alpha value is -4.91. The molecule has 0 spiro atoms. The fourth-order valence-corrected chi connectivity index (χ4v) is 7.23. The fourth-order valence-electron chi connectivity index (χ4n) is 6.84. The summed E-state index contributed by atoms with van der Waals surface area (Å²) in [6.07, 6.45) is 1.39. The van der Waals surface area contributed by atoms with Crippen LogP contribution in [-0.4, -0.2) is 88.6 Å². The highest BCUT2D eigenvalue weighted by atomic mass is 79.9. The predicted molar refractivity (Wildman–Crippen MR) is 229 cm³/mol. The summed E-state index contributed by atoms with van der Waals surface area (Å²) in [6, 6.07) is 19.9. The smallest absolute Gasteiger partial charge is 0.239 e. The van der Waals surface area contributed by atoms with E-state index >= 15 is 0 Å². The molecule has 4 N–H and O–H groups in total. The van der Waals surface area contributed by atoms with Crippen LogP contribution in [0.3, 0.4) is 0 Å². The highest BCUT2D eigenvalue weighted by Crippen LogP contribution is 2.36. The third kappa shape index (κ3) is 9.86. The molecule has 0 aliphatic carbocycles. The standard InChI is InChI=1S/C25H26BrFN6O.C11H13N.C7H14N2/c1-3-32-10-12-33(13-11-32)18-6-4-17(5-7-18)31-24-22(26)25(29-15-28-24)34-21-9-8-20-19(23(21)27)14-16(2)30-20;1-7-4-5-11-10(9(7)3)6-8(2)12-11;1-7(2)9-5-3-8-4-6-9/h4-9,14-15,30H,3,10-13H2,1-2H3,(H,28,29,31);4-6,12H,1-3H3;8H,1,3-6H2,2H3. The molecule has 3 aromatic heterocycles. The number of ether oxygens (including phenoxy) is 1. The monoisotopic (exact) mass is 809 g/mol. The number of halogens is 2. The number of H-pyrrole nitrogens is 2. The molecule has 12 heteroatoms. The van der Waals surface area contributed by atoms with Gasteiger partial charge in [0.1, 0.15) is 10.8 Å². The number of anilines is 3. The Morgan fingerprint density at radius 3 is 2.13 bits per heavy atom. The Morgan fingerprint density at radius 1 is 0.855 bits per heavy atom. The number of fused-ring (bicyclic) bond motifs is 2. The van der Waals surface area contributed by atoms with E-state index in [4.69, 9.17) is 4.74 Å². The average Bonchev–Trinajstić information content (AvgIpc) is 3.79. The van der Waals surface area contributed by atoms with E-state index < -0.39 is 5.82 Å². The maximum absolute atomic E-state index is 15.0. The molecule has 2 aliphatic heterocycles. The number of nitrogens with zero attached hydrogens (tertiary/aromatic N) is 5. The first-order valence-electron chi connectivity index (χ1n) is 19.0. The maximum atomic E-state index is 15.0. The van der Waals surface area contributed by atoms with Crippen LogP contribution in [0.25, 0.3) is 21.8 Å². The molecule has 10 nitrogen and oxygen atoms in total. The quantitative estimate of drug-likeness (QED) is 0.127. The summed E-state index contributed by atoms with van der Waals surface area (Å²) >= 11 is 3.51. The van der Waals surface area contributed by atoms with Gasteiger partial charge in [-0.2, -0.15) is 0 Å². The van der Waals surface area contributed by atoms with E-state index in [1.54, 1.807) is 18.2 Å². The summed E-state index contributed by atoms with van der Waals surface area (Å²) in [5.41, 5.74) is 10.1. The molecule has 2 fully saturated rings. The summed E-state index contributed by atoms with van der Waals surface area (Å²) in [4.78, 5) is 22.1. The molecule has 2 aliphatic rings. The van der Waals surface area contributed by atoms with Crippen LogP contribution >= 0.6 is 15.9 Å². The van der Waals surface area contributed by atoms with Gasteiger partial charge in [-0.25, -0.2) is 14.4 Å². The number of benzene rings is 3. The van der Waals surface area contributed by atoms with E-state index in [9.17, 15) is 4.39 Å². The van der Waals surface area contributed by atoms with Crippen LogP contribution in [-0.2, 0) is 0 Å². The van der Waals surface area contributed by atoms with E-state index in [2.05, 4.69) is 133 Å². The lowest BCUT2D eigenvalue weighted by Gasteiger charge is -2.35. The fraction of sp³-hybridized carbons (Fsp3) is 0.349. The number of aromatic nitrogens is 4. The van der Waals surface area contributed by atoms with E-state index in [1.807, 2.05) is 19.1 Å². The van der Waals surface area contributed by atoms with Crippen molar-refractivity contribution < 1.29 is 9.13 Å². The number of aromatic amines is 2. The Labute approximate surface area is 332 Å². The predicted octanol–water partition coefficient (Wildman–Crippen LogP) is 9.36. The zero-order valence-electron chi connectivity index (χ0n) is 32.8. The van der Waals surface area contributed by atoms with E-state index in [-0.39, 0.29) is 11.6 Å². The number of hydrogen-bond acceptors (Lipinski definition) is 8. The van der Waals surface area contributed by atoms with Crippen molar-refractivity contribution in [2.24, 2.45) is 0 Å².